The minimum absolute atomic E-state index is 0.00959. The van der Waals surface area contributed by atoms with Crippen LogP contribution in [-0.4, -0.2) is 61.0 Å². The summed E-state index contributed by atoms with van der Waals surface area (Å²) in [6.45, 7) is 6.36. The number of aryl methyl sites for hydroxylation is 2. The summed E-state index contributed by atoms with van der Waals surface area (Å²) < 4.78 is 0. The van der Waals surface area contributed by atoms with Gasteiger partial charge < -0.3 is 20.9 Å². The van der Waals surface area contributed by atoms with Crippen LogP contribution in [0.4, 0.5) is 0 Å². The maximum atomic E-state index is 12.9. The van der Waals surface area contributed by atoms with Crippen molar-refractivity contribution in [2.75, 3.05) is 33.2 Å². The van der Waals surface area contributed by atoms with E-state index in [0.717, 1.165) is 50.8 Å². The molecule has 1 unspecified atom stereocenters. The van der Waals surface area contributed by atoms with Crippen molar-refractivity contribution >= 4 is 11.8 Å². The predicted octanol–water partition coefficient (Wildman–Crippen LogP) is 4.00. The van der Waals surface area contributed by atoms with Gasteiger partial charge in [0.25, 0.3) is 0 Å². The number of aromatic nitrogens is 1. The van der Waals surface area contributed by atoms with E-state index in [1.54, 1.807) is 12.4 Å². The van der Waals surface area contributed by atoms with Crippen molar-refractivity contribution in [1.29, 1.82) is 0 Å². The Morgan fingerprint density at radius 1 is 1.05 bits per heavy atom. The molecular weight excluding hydrogens is 474 g/mol. The van der Waals surface area contributed by atoms with Gasteiger partial charge >= 0.3 is 0 Å². The third-order valence-corrected chi connectivity index (χ3v) is 7.06. The first kappa shape index (κ1) is 29.4. The fourth-order valence-electron chi connectivity index (χ4n) is 4.46. The predicted molar refractivity (Wildman–Crippen MR) is 153 cm³/mol. The molecule has 1 aromatic heterocycles. The highest BCUT2D eigenvalue weighted by molar-refractivity contribution is 5.82. The Morgan fingerprint density at radius 2 is 1.76 bits per heavy atom. The number of rotatable bonds is 13. The van der Waals surface area contributed by atoms with Crippen LogP contribution in [0.15, 0.2) is 66.1 Å². The highest BCUT2D eigenvalue weighted by atomic mass is 16.2. The van der Waals surface area contributed by atoms with Gasteiger partial charge in [0.15, 0.2) is 0 Å². The third kappa shape index (κ3) is 10.3. The van der Waals surface area contributed by atoms with Crippen molar-refractivity contribution in [1.82, 2.24) is 25.8 Å². The van der Waals surface area contributed by atoms with Crippen molar-refractivity contribution in [3.63, 3.8) is 0 Å². The van der Waals surface area contributed by atoms with Gasteiger partial charge in [-0.2, -0.15) is 0 Å². The molecule has 0 radical (unpaired) electrons. The summed E-state index contributed by atoms with van der Waals surface area (Å²) in [4.78, 5) is 31.1. The average Bonchev–Trinajstić information content (AvgIpc) is 3.74. The number of amides is 2. The lowest BCUT2D eigenvalue weighted by Gasteiger charge is -2.29. The van der Waals surface area contributed by atoms with E-state index in [-0.39, 0.29) is 24.4 Å². The van der Waals surface area contributed by atoms with E-state index in [1.807, 2.05) is 49.2 Å². The molecule has 2 amide bonds. The van der Waals surface area contributed by atoms with Crippen molar-refractivity contribution in [3.8, 4) is 0 Å². The molecule has 2 saturated carbocycles. The van der Waals surface area contributed by atoms with Gasteiger partial charge in [-0.1, -0.05) is 42.8 Å². The Kier molecular flexibility index (Phi) is 12.3. The average molecular weight is 520 g/mol. The van der Waals surface area contributed by atoms with Crippen molar-refractivity contribution in [2.45, 2.75) is 64.8 Å². The van der Waals surface area contributed by atoms with E-state index in [9.17, 15) is 9.59 Å². The standard InChI is InChI=1S/C24H37N5O2.C7H8/c1-3-26-23(20-9-10-20)24(31)29(2)17-21(19-7-4-8-19)28-16-22(30)27-13-5-6-18-11-14-25-15-12-18;1-7-5-3-2-4-6-7/h11-12,14-15,20,23,26,28H,3-10,13,16-17H2,1-2H3,(H,27,30);2-6H,1H3. The van der Waals surface area contributed by atoms with Gasteiger partial charge in [0.1, 0.15) is 0 Å². The summed E-state index contributed by atoms with van der Waals surface area (Å²) in [5.74, 6) is 0.620. The SMILES string of the molecule is CCNC(C(=O)N(C)CC(NCC(=O)NCCCc1ccncc1)=C1CCC1)C1CC1.Cc1ccccc1. The van der Waals surface area contributed by atoms with Crippen LogP contribution in [0.2, 0.25) is 0 Å². The Hall–Kier alpha value is -3.19. The lowest BCUT2D eigenvalue weighted by atomic mass is 9.90. The Labute approximate surface area is 228 Å². The smallest absolute Gasteiger partial charge is 0.240 e. The molecule has 206 valence electrons. The largest absolute Gasteiger partial charge is 0.378 e. The molecular formula is C31H45N5O2. The molecule has 0 spiro atoms. The summed E-state index contributed by atoms with van der Waals surface area (Å²) in [5.41, 5.74) is 4.94. The molecule has 0 saturated heterocycles. The number of hydrogen-bond acceptors (Lipinski definition) is 5. The number of allylic oxidation sites excluding steroid dienone is 1. The van der Waals surface area contributed by atoms with Gasteiger partial charge in [0.2, 0.25) is 11.8 Å². The van der Waals surface area contributed by atoms with Crippen LogP contribution in [0.5, 0.6) is 0 Å². The molecule has 4 rings (SSSR count). The van der Waals surface area contributed by atoms with Crippen LogP contribution < -0.4 is 16.0 Å². The molecule has 38 heavy (non-hydrogen) atoms. The van der Waals surface area contributed by atoms with Crippen LogP contribution in [0.25, 0.3) is 0 Å². The molecule has 2 aliphatic carbocycles. The van der Waals surface area contributed by atoms with Gasteiger partial charge in [-0.15, -0.1) is 0 Å². The van der Waals surface area contributed by atoms with Crippen LogP contribution in [0.3, 0.4) is 0 Å². The molecule has 7 heteroatoms. The van der Waals surface area contributed by atoms with Gasteiger partial charge in [-0.25, -0.2) is 0 Å². The zero-order valence-corrected chi connectivity index (χ0v) is 23.3. The van der Waals surface area contributed by atoms with Crippen molar-refractivity contribution < 1.29 is 9.59 Å². The first-order chi connectivity index (χ1) is 18.5. The maximum absolute atomic E-state index is 12.9. The highest BCUT2D eigenvalue weighted by Gasteiger charge is 2.37. The zero-order chi connectivity index (χ0) is 27.2. The molecule has 2 fully saturated rings. The monoisotopic (exact) mass is 519 g/mol. The second-order valence-corrected chi connectivity index (χ2v) is 10.3. The summed E-state index contributed by atoms with van der Waals surface area (Å²) in [7, 11) is 1.87. The maximum Gasteiger partial charge on any atom is 0.240 e. The molecule has 0 bridgehead atoms. The Bertz CT molecular complexity index is 1020. The fourth-order valence-corrected chi connectivity index (χ4v) is 4.46. The van der Waals surface area contributed by atoms with E-state index in [0.29, 0.717) is 19.0 Å². The molecule has 2 aliphatic rings. The van der Waals surface area contributed by atoms with Crippen molar-refractivity contribution in [3.05, 3.63) is 77.3 Å². The van der Waals surface area contributed by atoms with E-state index in [1.165, 1.54) is 23.1 Å². The normalized spacial score (nSPS) is 14.9. The molecule has 0 aliphatic heterocycles. The first-order valence-electron chi connectivity index (χ1n) is 14.1. The van der Waals surface area contributed by atoms with Crippen LogP contribution in [0.1, 0.15) is 56.6 Å². The number of likely N-dealkylation sites (N-methyl/N-ethyl adjacent to an activating group) is 2. The molecule has 3 N–H and O–H groups in total. The second-order valence-electron chi connectivity index (χ2n) is 10.3. The van der Waals surface area contributed by atoms with Crippen molar-refractivity contribution in [2.24, 2.45) is 5.92 Å². The Morgan fingerprint density at radius 3 is 2.32 bits per heavy atom. The minimum Gasteiger partial charge on any atom is -0.378 e. The van der Waals surface area contributed by atoms with E-state index in [4.69, 9.17) is 0 Å². The number of hydrogen-bond donors (Lipinski definition) is 3. The van der Waals surface area contributed by atoms with Gasteiger partial charge in [0, 0.05) is 31.7 Å². The topological polar surface area (TPSA) is 86.4 Å². The quantitative estimate of drug-likeness (QED) is 0.348. The molecule has 2 aromatic rings. The van der Waals surface area contributed by atoms with Gasteiger partial charge in [-0.3, -0.25) is 14.6 Å². The van der Waals surface area contributed by atoms with E-state index in [2.05, 4.69) is 40.0 Å². The van der Waals surface area contributed by atoms with Gasteiger partial charge in [-0.05, 0) is 87.6 Å². The van der Waals surface area contributed by atoms with Crippen LogP contribution in [0, 0.1) is 12.8 Å². The van der Waals surface area contributed by atoms with E-state index < -0.39 is 0 Å². The summed E-state index contributed by atoms with van der Waals surface area (Å²) in [6, 6.07) is 14.2. The third-order valence-electron chi connectivity index (χ3n) is 7.06. The molecule has 1 aromatic carbocycles. The minimum atomic E-state index is -0.0775. The number of carbonyl (C=O) groups excluding carboxylic acids is 2. The highest BCUT2D eigenvalue weighted by Crippen LogP contribution is 2.33. The molecule has 7 nitrogen and oxygen atoms in total. The van der Waals surface area contributed by atoms with E-state index >= 15 is 0 Å². The fraction of sp³-hybridized carbons (Fsp3) is 0.516. The number of pyridine rings is 1. The van der Waals surface area contributed by atoms with Crippen LogP contribution >= 0.6 is 0 Å². The summed E-state index contributed by atoms with van der Waals surface area (Å²) in [6.07, 6.45) is 11.0. The number of benzene rings is 1. The lowest BCUT2D eigenvalue weighted by molar-refractivity contribution is -0.132. The summed E-state index contributed by atoms with van der Waals surface area (Å²) >= 11 is 0. The van der Waals surface area contributed by atoms with Gasteiger partial charge in [0.05, 0.1) is 19.1 Å². The number of nitrogens with one attached hydrogen (secondary N) is 3. The zero-order valence-electron chi connectivity index (χ0n) is 23.3. The second kappa shape index (κ2) is 15.9. The number of carbonyl (C=O) groups is 2. The Balaban J connectivity index is 0.000000494. The first-order valence-corrected chi connectivity index (χ1v) is 14.1. The lowest BCUT2D eigenvalue weighted by Crippen LogP contribution is -2.48. The summed E-state index contributed by atoms with van der Waals surface area (Å²) in [5, 5.41) is 9.67. The number of nitrogens with zero attached hydrogens (tertiary/aromatic N) is 2. The van der Waals surface area contributed by atoms with Crippen LogP contribution in [-0.2, 0) is 16.0 Å². The molecule has 1 atom stereocenters. The molecule has 1 heterocycles.